The number of aromatic nitrogens is 2. The maximum atomic E-state index is 10.6. The van der Waals surface area contributed by atoms with E-state index in [1.807, 2.05) is 6.92 Å². The van der Waals surface area contributed by atoms with Crippen LogP contribution in [0.15, 0.2) is 18.0 Å². The van der Waals surface area contributed by atoms with Gasteiger partial charge in [-0.25, -0.2) is 0 Å². The van der Waals surface area contributed by atoms with E-state index in [4.69, 9.17) is 0 Å². The van der Waals surface area contributed by atoms with E-state index < -0.39 is 0 Å². The van der Waals surface area contributed by atoms with Crippen molar-refractivity contribution >= 4 is 6.08 Å². The fourth-order valence-corrected chi connectivity index (χ4v) is 1.18. The number of nitrogens with zero attached hydrogens (tertiary/aromatic N) is 3. The van der Waals surface area contributed by atoms with Crippen LogP contribution in [0.1, 0.15) is 26.0 Å². The van der Waals surface area contributed by atoms with Gasteiger partial charge in [-0.15, -0.1) is 0 Å². The number of rotatable bonds is 4. The molecule has 0 atom stereocenters. The van der Waals surface area contributed by atoms with Crippen molar-refractivity contribution in [2.75, 3.05) is 0 Å². The summed E-state index contributed by atoms with van der Waals surface area (Å²) in [6.07, 6.45) is 3.63. The molecule has 0 aliphatic carbocycles. The lowest BCUT2D eigenvalue weighted by atomic mass is 10.3. The third-order valence-electron chi connectivity index (χ3n) is 1.96. The van der Waals surface area contributed by atoms with Crippen molar-refractivity contribution in [3.8, 4) is 0 Å². The van der Waals surface area contributed by atoms with Crippen molar-refractivity contribution < 1.29 is 4.92 Å². The van der Waals surface area contributed by atoms with Gasteiger partial charge in [0.05, 0.1) is 10.6 Å². The lowest BCUT2D eigenvalue weighted by molar-refractivity contribution is -0.425. The average Bonchev–Trinajstić information content (AvgIpc) is 2.60. The summed E-state index contributed by atoms with van der Waals surface area (Å²) in [4.78, 5) is 10.2. The molecular formula is C9H13N3O2. The summed E-state index contributed by atoms with van der Waals surface area (Å²) in [5.41, 5.74) is 0.987. The van der Waals surface area contributed by atoms with Crippen LogP contribution >= 0.6 is 0 Å². The Morgan fingerprint density at radius 1 is 1.71 bits per heavy atom. The summed E-state index contributed by atoms with van der Waals surface area (Å²) in [5.74, 6) is 0. The third-order valence-corrected chi connectivity index (χ3v) is 1.96. The molecule has 0 aliphatic rings. The molecule has 76 valence electrons. The van der Waals surface area contributed by atoms with Crippen LogP contribution in [-0.4, -0.2) is 14.7 Å². The van der Waals surface area contributed by atoms with E-state index in [2.05, 4.69) is 5.10 Å². The maximum Gasteiger partial charge on any atom is 0.248 e. The Morgan fingerprint density at radius 2 is 2.43 bits per heavy atom. The predicted octanol–water partition coefficient (Wildman–Crippen LogP) is 1.93. The van der Waals surface area contributed by atoms with E-state index in [1.165, 1.54) is 0 Å². The smallest absolute Gasteiger partial charge is 0.248 e. The summed E-state index contributed by atoms with van der Waals surface area (Å²) >= 11 is 0. The fraction of sp³-hybridized carbons (Fsp3) is 0.444. The molecule has 1 heterocycles. The van der Waals surface area contributed by atoms with Gasteiger partial charge in [-0.2, -0.15) is 5.10 Å². The Balaban J connectivity index is 2.99. The Kier molecular flexibility index (Phi) is 3.39. The van der Waals surface area contributed by atoms with Gasteiger partial charge in [-0.1, -0.05) is 6.92 Å². The molecule has 0 spiro atoms. The first-order valence-electron chi connectivity index (χ1n) is 4.55. The normalized spacial score (nSPS) is 11.7. The first-order chi connectivity index (χ1) is 6.69. The van der Waals surface area contributed by atoms with Crippen LogP contribution in [0.2, 0.25) is 0 Å². The molecule has 14 heavy (non-hydrogen) atoms. The second kappa shape index (κ2) is 4.55. The quantitative estimate of drug-likeness (QED) is 0.544. The zero-order valence-corrected chi connectivity index (χ0v) is 8.30. The van der Waals surface area contributed by atoms with Gasteiger partial charge in [0.2, 0.25) is 5.70 Å². The molecule has 0 N–H and O–H groups in total. The van der Waals surface area contributed by atoms with Crippen LogP contribution in [-0.2, 0) is 6.54 Å². The summed E-state index contributed by atoms with van der Waals surface area (Å²) < 4.78 is 1.72. The molecule has 0 saturated carbocycles. The Morgan fingerprint density at radius 3 is 2.93 bits per heavy atom. The third kappa shape index (κ3) is 2.18. The minimum atomic E-state index is -0.354. The molecule has 0 fully saturated rings. The van der Waals surface area contributed by atoms with Crippen molar-refractivity contribution in [2.24, 2.45) is 0 Å². The molecule has 0 saturated heterocycles. The lowest BCUT2D eigenvalue weighted by Crippen LogP contribution is -2.01. The van der Waals surface area contributed by atoms with E-state index in [-0.39, 0.29) is 10.6 Å². The van der Waals surface area contributed by atoms with Crippen LogP contribution in [0.5, 0.6) is 0 Å². The first kappa shape index (κ1) is 10.4. The highest BCUT2D eigenvalue weighted by atomic mass is 16.6. The Labute approximate surface area is 82.2 Å². The van der Waals surface area contributed by atoms with Crippen LogP contribution in [0.25, 0.3) is 6.08 Å². The molecule has 0 aliphatic heterocycles. The van der Waals surface area contributed by atoms with Crippen molar-refractivity contribution in [1.29, 1.82) is 0 Å². The summed E-state index contributed by atoms with van der Waals surface area (Å²) in [5, 5.41) is 14.6. The summed E-state index contributed by atoms with van der Waals surface area (Å²) in [6, 6.07) is 1.77. The van der Waals surface area contributed by atoms with E-state index in [0.29, 0.717) is 13.0 Å². The molecule has 5 heteroatoms. The fourth-order valence-electron chi connectivity index (χ4n) is 1.18. The van der Waals surface area contributed by atoms with E-state index in [9.17, 15) is 10.1 Å². The molecule has 0 bridgehead atoms. The van der Waals surface area contributed by atoms with Crippen LogP contribution in [0.3, 0.4) is 0 Å². The van der Waals surface area contributed by atoms with E-state index in [0.717, 1.165) is 5.69 Å². The standard InChI is InChI=1S/C9H13N3O2/c1-3-8(12(13)14)7-9-5-6-10-11(9)4-2/h5-7H,3-4H2,1-2H3. The topological polar surface area (TPSA) is 61.0 Å². The molecular weight excluding hydrogens is 182 g/mol. The van der Waals surface area contributed by atoms with Gasteiger partial charge < -0.3 is 0 Å². The lowest BCUT2D eigenvalue weighted by Gasteiger charge is -1.99. The number of hydrogen-bond donors (Lipinski definition) is 0. The van der Waals surface area contributed by atoms with Crippen LogP contribution in [0.4, 0.5) is 0 Å². The largest absolute Gasteiger partial charge is 0.266 e. The second-order valence-corrected chi connectivity index (χ2v) is 2.82. The van der Waals surface area contributed by atoms with Gasteiger partial charge in [-0.3, -0.25) is 14.8 Å². The van der Waals surface area contributed by atoms with Crippen molar-refractivity contribution in [2.45, 2.75) is 26.8 Å². The van der Waals surface area contributed by atoms with Gasteiger partial charge in [0.15, 0.2) is 0 Å². The SMILES string of the molecule is CCC(=Cc1ccnn1CC)[N+](=O)[O-]. The molecule has 0 unspecified atom stereocenters. The minimum Gasteiger partial charge on any atom is -0.266 e. The average molecular weight is 195 g/mol. The summed E-state index contributed by atoms with van der Waals surface area (Å²) in [6.45, 7) is 4.43. The number of hydrogen-bond acceptors (Lipinski definition) is 3. The molecule has 1 aromatic heterocycles. The predicted molar refractivity (Wildman–Crippen MR) is 53.2 cm³/mol. The van der Waals surface area contributed by atoms with Gasteiger partial charge in [0.1, 0.15) is 0 Å². The van der Waals surface area contributed by atoms with Crippen LogP contribution < -0.4 is 0 Å². The molecule has 1 rings (SSSR count). The monoisotopic (exact) mass is 195 g/mol. The van der Waals surface area contributed by atoms with Crippen molar-refractivity contribution in [3.05, 3.63) is 33.8 Å². The Hall–Kier alpha value is -1.65. The van der Waals surface area contributed by atoms with Gasteiger partial charge in [0, 0.05) is 25.2 Å². The van der Waals surface area contributed by atoms with Gasteiger partial charge in [-0.05, 0) is 13.0 Å². The van der Waals surface area contributed by atoms with Crippen molar-refractivity contribution in [3.63, 3.8) is 0 Å². The molecule has 5 nitrogen and oxygen atoms in total. The molecule has 0 radical (unpaired) electrons. The van der Waals surface area contributed by atoms with E-state index >= 15 is 0 Å². The highest BCUT2D eigenvalue weighted by molar-refractivity contribution is 5.46. The molecule has 0 aromatic carbocycles. The van der Waals surface area contributed by atoms with Crippen LogP contribution in [0, 0.1) is 10.1 Å². The zero-order valence-electron chi connectivity index (χ0n) is 8.30. The highest BCUT2D eigenvalue weighted by Gasteiger charge is 2.08. The number of nitro groups is 1. The van der Waals surface area contributed by atoms with Gasteiger partial charge in [0.25, 0.3) is 0 Å². The Bertz CT molecular complexity index is 355. The maximum absolute atomic E-state index is 10.6. The minimum absolute atomic E-state index is 0.209. The number of aryl methyl sites for hydroxylation is 1. The zero-order chi connectivity index (χ0) is 10.6. The molecule has 0 amide bonds. The van der Waals surface area contributed by atoms with Crippen molar-refractivity contribution in [1.82, 2.24) is 9.78 Å². The highest BCUT2D eigenvalue weighted by Crippen LogP contribution is 2.09. The molecule has 1 aromatic rings. The first-order valence-corrected chi connectivity index (χ1v) is 4.55. The van der Waals surface area contributed by atoms with Gasteiger partial charge >= 0.3 is 0 Å². The second-order valence-electron chi connectivity index (χ2n) is 2.82. The van der Waals surface area contributed by atoms with E-state index in [1.54, 1.807) is 29.9 Å². The number of allylic oxidation sites excluding steroid dienone is 1. The summed E-state index contributed by atoms with van der Waals surface area (Å²) in [7, 11) is 0.